The molecule has 23 heavy (non-hydrogen) atoms. The molecule has 0 fully saturated rings. The first kappa shape index (κ1) is 16.7. The Morgan fingerprint density at radius 2 is 1.65 bits per heavy atom. The molecule has 0 saturated carbocycles. The third-order valence-corrected chi connectivity index (χ3v) is 4.07. The molecule has 0 aliphatic carbocycles. The molecule has 0 unspecified atom stereocenters. The first-order valence-electron chi connectivity index (χ1n) is 7.43. The molecule has 0 radical (unpaired) electrons. The molecule has 3 heteroatoms. The van der Waals surface area contributed by atoms with Gasteiger partial charge in [0, 0.05) is 5.56 Å². The van der Waals surface area contributed by atoms with Crippen molar-refractivity contribution < 1.29 is 14.3 Å². The predicted octanol–water partition coefficient (Wildman–Crippen LogP) is 4.29. The van der Waals surface area contributed by atoms with E-state index in [1.165, 1.54) is 0 Å². The van der Waals surface area contributed by atoms with Gasteiger partial charge in [-0.05, 0) is 55.2 Å². The van der Waals surface area contributed by atoms with Crippen LogP contribution in [0.5, 0.6) is 0 Å². The highest BCUT2D eigenvalue weighted by molar-refractivity contribution is 6.00. The third-order valence-electron chi connectivity index (χ3n) is 4.07. The number of Topliss-reactive ketones (excluding diaryl/α,β-unsaturated/α-hetero) is 1. The molecule has 2 rings (SSSR count). The number of ketones is 1. The zero-order valence-corrected chi connectivity index (χ0v) is 13.7. The van der Waals surface area contributed by atoms with E-state index in [9.17, 15) is 9.59 Å². The standard InChI is InChI=1S/C20H20O3/c1-5-16-7-9-17(10-8-16)20(22)23-12-19(21)18-11-6-13(2)14(3)15(18)4/h5-11H,1,12H2,2-4H3. The van der Waals surface area contributed by atoms with Gasteiger partial charge in [0.25, 0.3) is 0 Å². The molecule has 0 aromatic heterocycles. The van der Waals surface area contributed by atoms with E-state index >= 15 is 0 Å². The molecule has 118 valence electrons. The average molecular weight is 308 g/mol. The molecular weight excluding hydrogens is 288 g/mol. The van der Waals surface area contributed by atoms with Crippen molar-refractivity contribution in [2.24, 2.45) is 0 Å². The fourth-order valence-corrected chi connectivity index (χ4v) is 2.31. The quantitative estimate of drug-likeness (QED) is 0.611. The van der Waals surface area contributed by atoms with E-state index in [0.717, 1.165) is 22.3 Å². The monoisotopic (exact) mass is 308 g/mol. The Labute approximate surface area is 136 Å². The zero-order valence-electron chi connectivity index (χ0n) is 13.7. The van der Waals surface area contributed by atoms with Gasteiger partial charge in [0.1, 0.15) is 0 Å². The Balaban J connectivity index is 2.05. The number of carbonyl (C=O) groups is 2. The second kappa shape index (κ2) is 7.05. The number of hydrogen-bond acceptors (Lipinski definition) is 3. The van der Waals surface area contributed by atoms with Gasteiger partial charge in [-0.3, -0.25) is 4.79 Å². The Morgan fingerprint density at radius 3 is 2.26 bits per heavy atom. The smallest absolute Gasteiger partial charge is 0.338 e. The Bertz CT molecular complexity index is 755. The van der Waals surface area contributed by atoms with Gasteiger partial charge < -0.3 is 4.74 Å². The molecule has 0 bridgehead atoms. The molecule has 0 saturated heterocycles. The maximum Gasteiger partial charge on any atom is 0.338 e. The molecule has 2 aromatic carbocycles. The highest BCUT2D eigenvalue weighted by Gasteiger charge is 2.15. The van der Waals surface area contributed by atoms with Crippen LogP contribution in [-0.2, 0) is 4.74 Å². The predicted molar refractivity (Wildman–Crippen MR) is 91.8 cm³/mol. The van der Waals surface area contributed by atoms with Crippen LogP contribution in [0, 0.1) is 20.8 Å². The van der Waals surface area contributed by atoms with E-state index in [1.807, 2.05) is 26.8 Å². The maximum atomic E-state index is 12.3. The first-order chi connectivity index (χ1) is 10.9. The number of rotatable bonds is 5. The molecule has 2 aromatic rings. The van der Waals surface area contributed by atoms with Crippen LogP contribution in [0.3, 0.4) is 0 Å². The van der Waals surface area contributed by atoms with E-state index in [-0.39, 0.29) is 12.4 Å². The molecule has 3 nitrogen and oxygen atoms in total. The summed E-state index contributed by atoms with van der Waals surface area (Å²) in [6.45, 7) is 9.29. The van der Waals surface area contributed by atoms with Crippen molar-refractivity contribution >= 4 is 17.8 Å². The highest BCUT2D eigenvalue weighted by Crippen LogP contribution is 2.18. The van der Waals surface area contributed by atoms with Gasteiger partial charge >= 0.3 is 5.97 Å². The van der Waals surface area contributed by atoms with Crippen LogP contribution in [0.1, 0.15) is 43.0 Å². The lowest BCUT2D eigenvalue weighted by Gasteiger charge is -2.10. The van der Waals surface area contributed by atoms with Crippen molar-refractivity contribution in [3.05, 3.63) is 76.4 Å². The van der Waals surface area contributed by atoms with Crippen molar-refractivity contribution in [2.75, 3.05) is 6.61 Å². The van der Waals surface area contributed by atoms with E-state index in [4.69, 9.17) is 4.74 Å². The van der Waals surface area contributed by atoms with Crippen molar-refractivity contribution in [1.82, 2.24) is 0 Å². The molecule has 0 N–H and O–H groups in total. The minimum absolute atomic E-state index is 0.193. The van der Waals surface area contributed by atoms with E-state index in [2.05, 4.69) is 6.58 Å². The summed E-state index contributed by atoms with van der Waals surface area (Å²) >= 11 is 0. The highest BCUT2D eigenvalue weighted by atomic mass is 16.5. The van der Waals surface area contributed by atoms with Crippen LogP contribution in [-0.4, -0.2) is 18.4 Å². The largest absolute Gasteiger partial charge is 0.454 e. The second-order valence-corrected chi connectivity index (χ2v) is 5.51. The van der Waals surface area contributed by atoms with Gasteiger partial charge in [0.05, 0.1) is 5.56 Å². The lowest BCUT2D eigenvalue weighted by Crippen LogP contribution is -2.15. The molecule has 0 atom stereocenters. The van der Waals surface area contributed by atoms with Gasteiger partial charge in [-0.1, -0.05) is 36.9 Å². The Morgan fingerprint density at radius 1 is 1.00 bits per heavy atom. The summed E-state index contributed by atoms with van der Waals surface area (Å²) in [5.41, 5.74) is 5.09. The lowest BCUT2D eigenvalue weighted by atomic mass is 9.97. The van der Waals surface area contributed by atoms with Crippen LogP contribution in [0.2, 0.25) is 0 Å². The van der Waals surface area contributed by atoms with Gasteiger partial charge in [0.2, 0.25) is 5.78 Å². The van der Waals surface area contributed by atoms with E-state index in [0.29, 0.717) is 11.1 Å². The minimum atomic E-state index is -0.504. The normalized spacial score (nSPS) is 10.2. The third kappa shape index (κ3) is 3.75. The maximum absolute atomic E-state index is 12.3. The summed E-state index contributed by atoms with van der Waals surface area (Å²) in [6, 6.07) is 10.6. The van der Waals surface area contributed by atoms with Gasteiger partial charge in [-0.2, -0.15) is 0 Å². The number of aryl methyl sites for hydroxylation is 1. The molecule has 0 heterocycles. The topological polar surface area (TPSA) is 43.4 Å². The summed E-state index contributed by atoms with van der Waals surface area (Å²) in [5, 5.41) is 0. The summed E-state index contributed by atoms with van der Waals surface area (Å²) in [7, 11) is 0. The molecule has 0 spiro atoms. The van der Waals surface area contributed by atoms with Crippen LogP contribution >= 0.6 is 0 Å². The fraction of sp³-hybridized carbons (Fsp3) is 0.200. The Kier molecular flexibility index (Phi) is 5.12. The molecule has 0 aliphatic heterocycles. The van der Waals surface area contributed by atoms with Gasteiger partial charge in [0.15, 0.2) is 6.61 Å². The number of ether oxygens (including phenoxy) is 1. The first-order valence-corrected chi connectivity index (χ1v) is 7.43. The van der Waals surface area contributed by atoms with Crippen LogP contribution in [0.25, 0.3) is 6.08 Å². The van der Waals surface area contributed by atoms with Crippen molar-refractivity contribution in [1.29, 1.82) is 0 Å². The SMILES string of the molecule is C=Cc1ccc(C(=O)OCC(=O)c2ccc(C)c(C)c2C)cc1. The number of carbonyl (C=O) groups excluding carboxylic acids is 2. The summed E-state index contributed by atoms with van der Waals surface area (Å²) in [4.78, 5) is 24.3. The summed E-state index contributed by atoms with van der Waals surface area (Å²) in [6.07, 6.45) is 1.70. The molecular formula is C20H20O3. The van der Waals surface area contributed by atoms with E-state index < -0.39 is 5.97 Å². The van der Waals surface area contributed by atoms with Crippen molar-refractivity contribution in [3.63, 3.8) is 0 Å². The number of hydrogen-bond donors (Lipinski definition) is 0. The summed E-state index contributed by atoms with van der Waals surface area (Å²) < 4.78 is 5.13. The average Bonchev–Trinajstić information content (AvgIpc) is 2.57. The summed E-state index contributed by atoms with van der Waals surface area (Å²) in [5.74, 6) is -0.697. The van der Waals surface area contributed by atoms with Crippen molar-refractivity contribution in [3.8, 4) is 0 Å². The van der Waals surface area contributed by atoms with Crippen molar-refractivity contribution in [2.45, 2.75) is 20.8 Å². The minimum Gasteiger partial charge on any atom is -0.454 e. The van der Waals surface area contributed by atoms with E-state index in [1.54, 1.807) is 36.4 Å². The number of benzene rings is 2. The fourth-order valence-electron chi connectivity index (χ4n) is 2.31. The van der Waals surface area contributed by atoms with Gasteiger partial charge in [-0.15, -0.1) is 0 Å². The van der Waals surface area contributed by atoms with Crippen LogP contribution in [0.15, 0.2) is 43.0 Å². The van der Waals surface area contributed by atoms with Gasteiger partial charge in [-0.25, -0.2) is 4.79 Å². The Hall–Kier alpha value is -2.68. The lowest BCUT2D eigenvalue weighted by molar-refractivity contribution is 0.0474. The molecule has 0 amide bonds. The zero-order chi connectivity index (χ0) is 17.0. The second-order valence-electron chi connectivity index (χ2n) is 5.51. The molecule has 0 aliphatic rings. The number of esters is 1. The van der Waals surface area contributed by atoms with Crippen LogP contribution in [0.4, 0.5) is 0 Å². The van der Waals surface area contributed by atoms with Crippen LogP contribution < -0.4 is 0 Å².